The first-order valence-corrected chi connectivity index (χ1v) is 6.45. The van der Waals surface area contributed by atoms with Gasteiger partial charge >= 0.3 is 0 Å². The normalized spacial score (nSPS) is 13.9. The molecule has 0 amide bonds. The van der Waals surface area contributed by atoms with E-state index in [9.17, 15) is 5.11 Å². The van der Waals surface area contributed by atoms with Crippen LogP contribution < -0.4 is 14.8 Å². The van der Waals surface area contributed by atoms with Crippen molar-refractivity contribution in [1.29, 1.82) is 0 Å². The van der Waals surface area contributed by atoms with E-state index in [1.54, 1.807) is 13.2 Å². The Labute approximate surface area is 114 Å². The Morgan fingerprint density at radius 2 is 2.05 bits per heavy atom. The van der Waals surface area contributed by atoms with Gasteiger partial charge in [-0.1, -0.05) is 6.07 Å². The van der Waals surface area contributed by atoms with Gasteiger partial charge in [0, 0.05) is 25.3 Å². The smallest absolute Gasteiger partial charge is 0.123 e. The maximum atomic E-state index is 9.77. The largest absolute Gasteiger partial charge is 0.497 e. The summed E-state index contributed by atoms with van der Waals surface area (Å²) in [4.78, 5) is 0. The fraction of sp³-hybridized carbons (Fsp3) is 0.571. The molecule has 0 aliphatic heterocycles. The predicted molar refractivity (Wildman–Crippen MR) is 73.7 cm³/mol. The molecule has 0 spiro atoms. The summed E-state index contributed by atoms with van der Waals surface area (Å²) in [6.45, 7) is 2.76. The number of nitrogens with one attached hydrogen (secondary N) is 1. The number of hydrogen-bond acceptors (Lipinski definition) is 5. The molecule has 2 atom stereocenters. The molecule has 1 aromatic carbocycles. The summed E-state index contributed by atoms with van der Waals surface area (Å²) >= 11 is 0. The molecule has 0 radical (unpaired) electrons. The molecule has 5 nitrogen and oxygen atoms in total. The van der Waals surface area contributed by atoms with E-state index in [0.29, 0.717) is 18.7 Å². The van der Waals surface area contributed by atoms with Crippen molar-refractivity contribution in [1.82, 2.24) is 5.32 Å². The zero-order valence-corrected chi connectivity index (χ0v) is 11.5. The SMILES string of the molecule is COc1cccc(OC[C@@H](O)CN[C@@H](C)CCO)c1. The van der Waals surface area contributed by atoms with Crippen LogP contribution in [0.5, 0.6) is 11.5 Å². The Bertz CT molecular complexity index is 359. The van der Waals surface area contributed by atoms with Crippen LogP contribution >= 0.6 is 0 Å². The second-order valence-electron chi connectivity index (χ2n) is 4.47. The minimum atomic E-state index is -0.590. The highest BCUT2D eigenvalue weighted by Crippen LogP contribution is 2.18. The molecule has 5 heteroatoms. The summed E-state index contributed by atoms with van der Waals surface area (Å²) in [5.41, 5.74) is 0. The zero-order valence-electron chi connectivity index (χ0n) is 11.5. The molecule has 0 saturated carbocycles. The van der Waals surface area contributed by atoms with E-state index in [2.05, 4.69) is 5.32 Å². The minimum absolute atomic E-state index is 0.143. The van der Waals surface area contributed by atoms with Crippen molar-refractivity contribution in [2.45, 2.75) is 25.5 Å². The molecule has 0 unspecified atom stereocenters. The van der Waals surface area contributed by atoms with Gasteiger partial charge in [0.25, 0.3) is 0 Å². The van der Waals surface area contributed by atoms with Gasteiger partial charge in [0.15, 0.2) is 0 Å². The topological polar surface area (TPSA) is 71.0 Å². The number of ether oxygens (including phenoxy) is 2. The van der Waals surface area contributed by atoms with E-state index in [1.807, 2.05) is 25.1 Å². The van der Waals surface area contributed by atoms with Crippen LogP contribution in [-0.2, 0) is 0 Å². The molecule has 0 bridgehead atoms. The Hall–Kier alpha value is -1.30. The third-order valence-electron chi connectivity index (χ3n) is 2.75. The standard InChI is InChI=1S/C14H23NO4/c1-11(6-7-16)15-9-12(17)10-19-14-5-3-4-13(8-14)18-2/h3-5,8,11-12,15-17H,6-7,9-10H2,1-2H3/t11-,12-/m0/s1. The quantitative estimate of drug-likeness (QED) is 0.618. The van der Waals surface area contributed by atoms with Crippen molar-refractivity contribution in [3.05, 3.63) is 24.3 Å². The monoisotopic (exact) mass is 269 g/mol. The Balaban J connectivity index is 2.27. The summed E-state index contributed by atoms with van der Waals surface area (Å²) < 4.78 is 10.6. The van der Waals surface area contributed by atoms with Gasteiger partial charge in [0.1, 0.15) is 24.2 Å². The molecular formula is C14H23NO4. The maximum Gasteiger partial charge on any atom is 0.123 e. The van der Waals surface area contributed by atoms with Crippen molar-refractivity contribution < 1.29 is 19.7 Å². The fourth-order valence-corrected chi connectivity index (χ4v) is 1.58. The Morgan fingerprint density at radius 3 is 2.74 bits per heavy atom. The summed E-state index contributed by atoms with van der Waals surface area (Å²) in [6, 6.07) is 7.44. The van der Waals surface area contributed by atoms with E-state index in [-0.39, 0.29) is 19.3 Å². The first-order valence-electron chi connectivity index (χ1n) is 6.45. The summed E-state index contributed by atoms with van der Waals surface area (Å²) in [7, 11) is 1.60. The van der Waals surface area contributed by atoms with Crippen LogP contribution in [0.25, 0.3) is 0 Å². The number of benzene rings is 1. The van der Waals surface area contributed by atoms with E-state index in [0.717, 1.165) is 5.75 Å². The van der Waals surface area contributed by atoms with Crippen LogP contribution in [0.15, 0.2) is 24.3 Å². The third-order valence-corrected chi connectivity index (χ3v) is 2.75. The lowest BCUT2D eigenvalue weighted by atomic mass is 10.2. The molecule has 0 saturated heterocycles. The lowest BCUT2D eigenvalue weighted by molar-refractivity contribution is 0.103. The van der Waals surface area contributed by atoms with Crippen LogP contribution in [0, 0.1) is 0 Å². The van der Waals surface area contributed by atoms with Gasteiger partial charge in [0.2, 0.25) is 0 Å². The molecule has 0 aliphatic rings. The zero-order chi connectivity index (χ0) is 14.1. The summed E-state index contributed by atoms with van der Waals surface area (Å²) in [5, 5.41) is 21.7. The van der Waals surface area contributed by atoms with Crippen LogP contribution in [0.1, 0.15) is 13.3 Å². The molecular weight excluding hydrogens is 246 g/mol. The lowest BCUT2D eigenvalue weighted by Gasteiger charge is -2.17. The van der Waals surface area contributed by atoms with Crippen molar-refractivity contribution in [2.24, 2.45) is 0 Å². The second kappa shape index (κ2) is 8.74. The molecule has 3 N–H and O–H groups in total. The van der Waals surface area contributed by atoms with Gasteiger partial charge in [-0.3, -0.25) is 0 Å². The van der Waals surface area contributed by atoms with Crippen LogP contribution in [0.2, 0.25) is 0 Å². The lowest BCUT2D eigenvalue weighted by Crippen LogP contribution is -2.37. The van der Waals surface area contributed by atoms with Gasteiger partial charge in [0.05, 0.1) is 7.11 Å². The Kier molecular flexibility index (Phi) is 7.25. The summed E-state index contributed by atoms with van der Waals surface area (Å²) in [5.74, 6) is 1.39. The number of rotatable bonds is 9. The average molecular weight is 269 g/mol. The molecule has 108 valence electrons. The highest BCUT2D eigenvalue weighted by Gasteiger charge is 2.08. The van der Waals surface area contributed by atoms with Gasteiger partial charge < -0.3 is 25.0 Å². The maximum absolute atomic E-state index is 9.77. The number of methoxy groups -OCH3 is 1. The van der Waals surface area contributed by atoms with Crippen LogP contribution in [0.3, 0.4) is 0 Å². The third kappa shape index (κ3) is 6.42. The predicted octanol–water partition coefficient (Wildman–Crippen LogP) is 0.795. The molecule has 1 rings (SSSR count). The fourth-order valence-electron chi connectivity index (χ4n) is 1.58. The Morgan fingerprint density at radius 1 is 1.32 bits per heavy atom. The van der Waals surface area contributed by atoms with E-state index >= 15 is 0 Å². The number of aliphatic hydroxyl groups is 2. The van der Waals surface area contributed by atoms with Gasteiger partial charge in [-0.25, -0.2) is 0 Å². The summed E-state index contributed by atoms with van der Waals surface area (Å²) in [6.07, 6.45) is 0.0797. The second-order valence-corrected chi connectivity index (χ2v) is 4.47. The number of hydrogen-bond donors (Lipinski definition) is 3. The minimum Gasteiger partial charge on any atom is -0.497 e. The molecule has 0 fully saturated rings. The van der Waals surface area contributed by atoms with Crippen molar-refractivity contribution >= 4 is 0 Å². The van der Waals surface area contributed by atoms with Crippen molar-refractivity contribution in [2.75, 3.05) is 26.9 Å². The van der Waals surface area contributed by atoms with Gasteiger partial charge in [-0.05, 0) is 25.5 Å². The van der Waals surface area contributed by atoms with Gasteiger partial charge in [-0.2, -0.15) is 0 Å². The van der Waals surface area contributed by atoms with E-state index in [4.69, 9.17) is 14.6 Å². The van der Waals surface area contributed by atoms with Crippen molar-refractivity contribution in [3.8, 4) is 11.5 Å². The molecule has 0 heterocycles. The molecule has 0 aliphatic carbocycles. The molecule has 0 aromatic heterocycles. The molecule has 19 heavy (non-hydrogen) atoms. The van der Waals surface area contributed by atoms with Crippen LogP contribution in [0.4, 0.5) is 0 Å². The van der Waals surface area contributed by atoms with E-state index in [1.165, 1.54) is 0 Å². The van der Waals surface area contributed by atoms with Gasteiger partial charge in [-0.15, -0.1) is 0 Å². The van der Waals surface area contributed by atoms with E-state index < -0.39 is 6.10 Å². The highest BCUT2D eigenvalue weighted by molar-refractivity contribution is 5.32. The number of aliphatic hydroxyl groups excluding tert-OH is 2. The first-order chi connectivity index (χ1) is 9.15. The molecule has 1 aromatic rings. The first kappa shape index (κ1) is 15.8. The average Bonchev–Trinajstić information content (AvgIpc) is 2.43. The van der Waals surface area contributed by atoms with Crippen molar-refractivity contribution in [3.63, 3.8) is 0 Å². The highest BCUT2D eigenvalue weighted by atomic mass is 16.5. The van der Waals surface area contributed by atoms with Crippen LogP contribution in [-0.4, -0.2) is 49.2 Å².